The van der Waals surface area contributed by atoms with Crippen molar-refractivity contribution in [2.75, 3.05) is 6.61 Å². The van der Waals surface area contributed by atoms with Crippen molar-refractivity contribution in [3.63, 3.8) is 0 Å². The summed E-state index contributed by atoms with van der Waals surface area (Å²) < 4.78 is 10.8. The first kappa shape index (κ1) is 19.0. The third-order valence-corrected chi connectivity index (χ3v) is 4.53. The molecule has 1 aromatic carbocycles. The van der Waals surface area contributed by atoms with Gasteiger partial charge in [-0.25, -0.2) is 0 Å². The average Bonchev–Trinajstić information content (AvgIpc) is 2.58. The molecule has 136 valence electrons. The SMILES string of the molecule is CCC(CC)c1ccc(O[C@H]2O[C@H](CO)[C@@H](O)[C@H](O)[C@H]2O)cc1O. The van der Waals surface area contributed by atoms with Crippen LogP contribution in [0.5, 0.6) is 11.5 Å². The molecule has 0 radical (unpaired) electrons. The summed E-state index contributed by atoms with van der Waals surface area (Å²) in [7, 11) is 0. The van der Waals surface area contributed by atoms with Gasteiger partial charge in [0.25, 0.3) is 0 Å². The van der Waals surface area contributed by atoms with Crippen molar-refractivity contribution in [2.45, 2.75) is 63.3 Å². The van der Waals surface area contributed by atoms with Crippen LogP contribution < -0.4 is 4.74 Å². The van der Waals surface area contributed by atoms with E-state index in [9.17, 15) is 25.5 Å². The standard InChI is InChI=1S/C17H26O7/c1-3-9(4-2)11-6-5-10(7-12(11)19)23-17-16(22)15(21)14(20)13(8-18)24-17/h5-7,9,13-22H,3-4,8H2,1-2H3/t13-,14-,15+,16-,17+/m1/s1. The minimum atomic E-state index is -1.50. The maximum absolute atomic E-state index is 10.2. The normalized spacial score (nSPS) is 30.5. The second-order valence-electron chi connectivity index (χ2n) is 6.05. The Hall–Kier alpha value is -1.38. The molecular formula is C17H26O7. The van der Waals surface area contributed by atoms with Gasteiger partial charge in [-0.1, -0.05) is 19.9 Å². The Balaban J connectivity index is 2.14. The maximum atomic E-state index is 10.2. The molecule has 0 amide bonds. The predicted octanol–water partition coefficient (Wildman–Crippen LogP) is 0.474. The molecule has 0 spiro atoms. The van der Waals surface area contributed by atoms with Gasteiger partial charge >= 0.3 is 0 Å². The molecule has 5 atom stereocenters. The zero-order valence-electron chi connectivity index (χ0n) is 13.9. The van der Waals surface area contributed by atoms with E-state index in [0.717, 1.165) is 18.4 Å². The minimum Gasteiger partial charge on any atom is -0.508 e. The molecule has 1 saturated heterocycles. The summed E-state index contributed by atoms with van der Waals surface area (Å²) in [6, 6.07) is 4.83. The quantitative estimate of drug-likeness (QED) is 0.510. The molecular weight excluding hydrogens is 316 g/mol. The summed E-state index contributed by atoms with van der Waals surface area (Å²) in [4.78, 5) is 0. The number of benzene rings is 1. The Bertz CT molecular complexity index is 530. The van der Waals surface area contributed by atoms with Gasteiger partial charge < -0.3 is 35.0 Å². The second kappa shape index (κ2) is 8.13. The summed E-state index contributed by atoms with van der Waals surface area (Å²) in [5, 5.41) is 48.8. The molecule has 24 heavy (non-hydrogen) atoms. The van der Waals surface area contributed by atoms with Crippen LogP contribution in [-0.2, 0) is 4.74 Å². The third-order valence-electron chi connectivity index (χ3n) is 4.53. The van der Waals surface area contributed by atoms with E-state index in [1.807, 2.05) is 13.8 Å². The number of aliphatic hydroxyl groups is 4. The van der Waals surface area contributed by atoms with Crippen LogP contribution in [0.3, 0.4) is 0 Å². The first-order chi connectivity index (χ1) is 11.4. The van der Waals surface area contributed by atoms with Gasteiger partial charge in [0.15, 0.2) is 0 Å². The first-order valence-electron chi connectivity index (χ1n) is 8.22. The Morgan fingerprint density at radius 1 is 1.08 bits per heavy atom. The lowest BCUT2D eigenvalue weighted by Gasteiger charge is -2.39. The van der Waals surface area contributed by atoms with Crippen LogP contribution >= 0.6 is 0 Å². The van der Waals surface area contributed by atoms with Crippen LogP contribution in [0, 0.1) is 0 Å². The summed E-state index contributed by atoms with van der Waals surface area (Å²) in [6.07, 6.45) is -4.92. The van der Waals surface area contributed by atoms with Crippen LogP contribution in [0.15, 0.2) is 18.2 Å². The molecule has 1 aliphatic heterocycles. The Morgan fingerprint density at radius 3 is 2.29 bits per heavy atom. The smallest absolute Gasteiger partial charge is 0.229 e. The molecule has 7 nitrogen and oxygen atoms in total. The molecule has 0 unspecified atom stereocenters. The third kappa shape index (κ3) is 3.81. The number of aromatic hydroxyl groups is 1. The topological polar surface area (TPSA) is 120 Å². The zero-order valence-corrected chi connectivity index (χ0v) is 13.9. The van der Waals surface area contributed by atoms with Crippen molar-refractivity contribution >= 4 is 0 Å². The maximum Gasteiger partial charge on any atom is 0.229 e. The molecule has 1 aliphatic rings. The molecule has 2 rings (SSSR count). The van der Waals surface area contributed by atoms with Gasteiger partial charge in [-0.15, -0.1) is 0 Å². The number of rotatable bonds is 6. The van der Waals surface area contributed by atoms with Crippen molar-refractivity contribution in [2.24, 2.45) is 0 Å². The minimum absolute atomic E-state index is 0.0887. The molecule has 0 bridgehead atoms. The van der Waals surface area contributed by atoms with Gasteiger partial charge in [0, 0.05) is 6.07 Å². The number of phenols is 1. The van der Waals surface area contributed by atoms with Crippen LogP contribution in [-0.4, -0.2) is 62.8 Å². The number of ether oxygens (including phenoxy) is 2. The van der Waals surface area contributed by atoms with Gasteiger partial charge in [-0.2, -0.15) is 0 Å². The summed E-state index contributed by atoms with van der Waals surface area (Å²) in [6.45, 7) is 3.57. The van der Waals surface area contributed by atoms with Gasteiger partial charge in [0.2, 0.25) is 6.29 Å². The number of hydrogen-bond donors (Lipinski definition) is 5. The van der Waals surface area contributed by atoms with Crippen molar-refractivity contribution < 1.29 is 35.0 Å². The van der Waals surface area contributed by atoms with E-state index in [1.54, 1.807) is 12.1 Å². The van der Waals surface area contributed by atoms with E-state index in [4.69, 9.17) is 9.47 Å². The molecule has 5 N–H and O–H groups in total. The number of phenolic OH excluding ortho intramolecular Hbond substituents is 1. The monoisotopic (exact) mass is 342 g/mol. The zero-order chi connectivity index (χ0) is 17.9. The molecule has 0 aromatic heterocycles. The molecule has 7 heteroatoms. The predicted molar refractivity (Wildman–Crippen MR) is 85.8 cm³/mol. The van der Waals surface area contributed by atoms with E-state index in [2.05, 4.69) is 0 Å². The van der Waals surface area contributed by atoms with Crippen LogP contribution in [0.4, 0.5) is 0 Å². The highest BCUT2D eigenvalue weighted by atomic mass is 16.7. The van der Waals surface area contributed by atoms with E-state index in [0.29, 0.717) is 0 Å². The Labute approximate surface area is 141 Å². The Morgan fingerprint density at radius 2 is 1.75 bits per heavy atom. The number of hydrogen-bond acceptors (Lipinski definition) is 7. The van der Waals surface area contributed by atoms with E-state index < -0.39 is 37.3 Å². The highest BCUT2D eigenvalue weighted by Crippen LogP contribution is 2.34. The molecule has 1 fully saturated rings. The van der Waals surface area contributed by atoms with Crippen LogP contribution in [0.1, 0.15) is 38.2 Å². The van der Waals surface area contributed by atoms with Crippen molar-refractivity contribution in [1.82, 2.24) is 0 Å². The largest absolute Gasteiger partial charge is 0.508 e. The summed E-state index contributed by atoms with van der Waals surface area (Å²) >= 11 is 0. The molecule has 1 heterocycles. The molecule has 1 aromatic rings. The highest BCUT2D eigenvalue weighted by Gasteiger charge is 2.44. The highest BCUT2D eigenvalue weighted by molar-refractivity contribution is 5.41. The lowest BCUT2D eigenvalue weighted by atomic mass is 9.93. The van der Waals surface area contributed by atoms with Crippen LogP contribution in [0.25, 0.3) is 0 Å². The lowest BCUT2D eigenvalue weighted by Crippen LogP contribution is -2.60. The first-order valence-corrected chi connectivity index (χ1v) is 8.22. The number of aliphatic hydroxyl groups excluding tert-OH is 4. The van der Waals surface area contributed by atoms with Crippen molar-refractivity contribution in [1.29, 1.82) is 0 Å². The fourth-order valence-electron chi connectivity index (χ4n) is 2.97. The van der Waals surface area contributed by atoms with Gasteiger partial charge in [-0.05, 0) is 30.4 Å². The fourth-order valence-corrected chi connectivity index (χ4v) is 2.97. The molecule has 0 aliphatic carbocycles. The molecule has 0 saturated carbocycles. The van der Waals surface area contributed by atoms with E-state index >= 15 is 0 Å². The average molecular weight is 342 g/mol. The van der Waals surface area contributed by atoms with E-state index in [-0.39, 0.29) is 17.4 Å². The van der Waals surface area contributed by atoms with Gasteiger partial charge in [0.05, 0.1) is 6.61 Å². The van der Waals surface area contributed by atoms with Gasteiger partial charge in [-0.3, -0.25) is 0 Å². The van der Waals surface area contributed by atoms with Crippen molar-refractivity contribution in [3.8, 4) is 11.5 Å². The summed E-state index contributed by atoms with van der Waals surface area (Å²) in [5.74, 6) is 0.587. The van der Waals surface area contributed by atoms with Gasteiger partial charge in [0.1, 0.15) is 35.9 Å². The van der Waals surface area contributed by atoms with E-state index in [1.165, 1.54) is 6.07 Å². The van der Waals surface area contributed by atoms with Crippen LogP contribution in [0.2, 0.25) is 0 Å². The summed E-state index contributed by atoms with van der Waals surface area (Å²) in [5.41, 5.74) is 0.821. The fraction of sp³-hybridized carbons (Fsp3) is 0.647. The Kier molecular flexibility index (Phi) is 6.42. The second-order valence-corrected chi connectivity index (χ2v) is 6.05. The van der Waals surface area contributed by atoms with Crippen molar-refractivity contribution in [3.05, 3.63) is 23.8 Å². The lowest BCUT2D eigenvalue weighted by molar-refractivity contribution is -0.277.